The highest BCUT2D eigenvalue weighted by atomic mass is 15.1. The van der Waals surface area contributed by atoms with Crippen molar-refractivity contribution in [3.63, 3.8) is 0 Å². The maximum absolute atomic E-state index is 5.92. The minimum absolute atomic E-state index is 0.105. The van der Waals surface area contributed by atoms with E-state index in [0.29, 0.717) is 0 Å². The van der Waals surface area contributed by atoms with Crippen molar-refractivity contribution in [1.29, 1.82) is 0 Å². The van der Waals surface area contributed by atoms with Crippen LogP contribution in [0.25, 0.3) is 0 Å². The molecule has 0 aliphatic carbocycles. The number of hydrogen-bond donors (Lipinski definition) is 1. The molecule has 2 aromatic rings. The van der Waals surface area contributed by atoms with Crippen molar-refractivity contribution < 1.29 is 0 Å². The molecule has 1 aliphatic rings. The van der Waals surface area contributed by atoms with Crippen LogP contribution in [0.4, 0.5) is 5.69 Å². The lowest BCUT2D eigenvalue weighted by molar-refractivity contribution is 0.764. The molecule has 2 aromatic carbocycles. The van der Waals surface area contributed by atoms with Crippen molar-refractivity contribution in [2.75, 3.05) is 11.4 Å². The Bertz CT molecular complexity index is 572. The molecular weight excluding hydrogens is 244 g/mol. The summed E-state index contributed by atoms with van der Waals surface area (Å²) in [4.78, 5) is 2.47. The lowest BCUT2D eigenvalue weighted by atomic mass is 10.0. The van der Waals surface area contributed by atoms with Gasteiger partial charge in [-0.05, 0) is 48.6 Å². The summed E-state index contributed by atoms with van der Waals surface area (Å²) < 4.78 is 0. The van der Waals surface area contributed by atoms with Crippen molar-refractivity contribution in [2.45, 2.75) is 32.4 Å². The maximum atomic E-state index is 5.92. The van der Waals surface area contributed by atoms with E-state index in [0.717, 1.165) is 13.1 Å². The van der Waals surface area contributed by atoms with Crippen molar-refractivity contribution in [1.82, 2.24) is 0 Å². The first-order valence-corrected chi connectivity index (χ1v) is 7.41. The highest BCUT2D eigenvalue weighted by molar-refractivity contribution is 5.49. The van der Waals surface area contributed by atoms with Gasteiger partial charge in [0.2, 0.25) is 0 Å². The second-order valence-electron chi connectivity index (χ2n) is 5.67. The van der Waals surface area contributed by atoms with E-state index in [1.165, 1.54) is 35.2 Å². The lowest BCUT2D eigenvalue weighted by Crippen LogP contribution is -2.22. The van der Waals surface area contributed by atoms with E-state index in [1.807, 2.05) is 6.92 Å². The number of aryl methyl sites for hydroxylation is 1. The third-order valence-corrected chi connectivity index (χ3v) is 4.14. The van der Waals surface area contributed by atoms with Crippen LogP contribution in [0.2, 0.25) is 0 Å². The third-order valence-electron chi connectivity index (χ3n) is 4.14. The third kappa shape index (κ3) is 2.70. The number of nitrogens with zero attached hydrogens (tertiary/aromatic N) is 1. The van der Waals surface area contributed by atoms with Crippen LogP contribution in [-0.4, -0.2) is 6.54 Å². The minimum atomic E-state index is 0.105. The van der Waals surface area contributed by atoms with Crippen molar-refractivity contribution in [3.05, 3.63) is 65.2 Å². The quantitative estimate of drug-likeness (QED) is 0.899. The highest BCUT2D eigenvalue weighted by Gasteiger charge is 2.14. The first kappa shape index (κ1) is 13.2. The average molecular weight is 266 g/mol. The molecule has 1 aliphatic heterocycles. The Morgan fingerprint density at radius 3 is 2.40 bits per heavy atom. The van der Waals surface area contributed by atoms with Crippen molar-refractivity contribution in [3.8, 4) is 0 Å². The summed E-state index contributed by atoms with van der Waals surface area (Å²) in [5, 5.41) is 0. The first-order valence-electron chi connectivity index (χ1n) is 7.41. The highest BCUT2D eigenvalue weighted by Crippen LogP contribution is 2.24. The molecule has 0 bridgehead atoms. The van der Waals surface area contributed by atoms with Crippen LogP contribution in [0, 0.1) is 0 Å². The largest absolute Gasteiger partial charge is 0.367 e. The zero-order chi connectivity index (χ0) is 13.9. The number of benzene rings is 2. The van der Waals surface area contributed by atoms with Gasteiger partial charge in [-0.25, -0.2) is 0 Å². The minimum Gasteiger partial charge on any atom is -0.367 e. The molecule has 0 fully saturated rings. The fraction of sp³-hybridized carbons (Fsp3) is 0.333. The van der Waals surface area contributed by atoms with E-state index in [-0.39, 0.29) is 6.04 Å². The normalized spacial score (nSPS) is 16.4. The van der Waals surface area contributed by atoms with Crippen LogP contribution in [-0.2, 0) is 13.0 Å². The van der Waals surface area contributed by atoms with E-state index < -0.39 is 0 Å². The lowest BCUT2D eigenvalue weighted by Gasteiger charge is -2.23. The molecule has 104 valence electrons. The van der Waals surface area contributed by atoms with Gasteiger partial charge in [0, 0.05) is 24.8 Å². The zero-order valence-corrected chi connectivity index (χ0v) is 12.0. The molecule has 1 heterocycles. The van der Waals surface area contributed by atoms with Crippen LogP contribution in [0.3, 0.4) is 0 Å². The second kappa shape index (κ2) is 5.68. The smallest absolute Gasteiger partial charge is 0.0432 e. The van der Waals surface area contributed by atoms with Gasteiger partial charge in [0.1, 0.15) is 0 Å². The summed E-state index contributed by atoms with van der Waals surface area (Å²) >= 11 is 0. The van der Waals surface area contributed by atoms with E-state index in [2.05, 4.69) is 53.4 Å². The van der Waals surface area contributed by atoms with E-state index >= 15 is 0 Å². The van der Waals surface area contributed by atoms with Gasteiger partial charge in [-0.1, -0.05) is 36.4 Å². The van der Waals surface area contributed by atoms with E-state index in [1.54, 1.807) is 0 Å². The van der Waals surface area contributed by atoms with Gasteiger partial charge >= 0.3 is 0 Å². The summed E-state index contributed by atoms with van der Waals surface area (Å²) in [6, 6.07) is 17.6. The van der Waals surface area contributed by atoms with Gasteiger partial charge in [0.15, 0.2) is 0 Å². The Balaban J connectivity index is 1.84. The maximum Gasteiger partial charge on any atom is 0.0432 e. The molecule has 0 unspecified atom stereocenters. The Morgan fingerprint density at radius 2 is 1.70 bits per heavy atom. The molecule has 0 amide bonds. The Kier molecular flexibility index (Phi) is 3.75. The van der Waals surface area contributed by atoms with Crippen molar-refractivity contribution >= 4 is 5.69 Å². The predicted octanol–water partition coefficient (Wildman–Crippen LogP) is 3.66. The fourth-order valence-electron chi connectivity index (χ4n) is 2.91. The average Bonchev–Trinajstić information content (AvgIpc) is 2.69. The Morgan fingerprint density at radius 1 is 1.00 bits per heavy atom. The monoisotopic (exact) mass is 266 g/mol. The van der Waals surface area contributed by atoms with Crippen molar-refractivity contribution in [2.24, 2.45) is 5.73 Å². The fourth-order valence-corrected chi connectivity index (χ4v) is 2.91. The molecule has 3 rings (SSSR count). The van der Waals surface area contributed by atoms with Crippen LogP contribution >= 0.6 is 0 Å². The van der Waals surface area contributed by atoms with E-state index in [4.69, 9.17) is 5.73 Å². The topological polar surface area (TPSA) is 29.3 Å². The van der Waals surface area contributed by atoms with Gasteiger partial charge in [0.25, 0.3) is 0 Å². The van der Waals surface area contributed by atoms with Gasteiger partial charge < -0.3 is 10.6 Å². The number of hydrogen-bond acceptors (Lipinski definition) is 2. The molecule has 2 heteroatoms. The predicted molar refractivity (Wildman–Crippen MR) is 84.9 cm³/mol. The van der Waals surface area contributed by atoms with Gasteiger partial charge in [-0.2, -0.15) is 0 Å². The molecule has 20 heavy (non-hydrogen) atoms. The molecule has 1 atom stereocenters. The van der Waals surface area contributed by atoms with E-state index in [9.17, 15) is 0 Å². The first-order chi connectivity index (χ1) is 9.74. The SMILES string of the molecule is C[C@@H](N)c1ccc(N2CCCc3ccccc3C2)cc1. The van der Waals surface area contributed by atoms with Gasteiger partial charge in [0.05, 0.1) is 0 Å². The molecule has 0 spiro atoms. The van der Waals surface area contributed by atoms with Crippen LogP contribution in [0.5, 0.6) is 0 Å². The molecule has 0 saturated heterocycles. The number of nitrogens with two attached hydrogens (primary N) is 1. The molecule has 0 radical (unpaired) electrons. The van der Waals surface area contributed by atoms with Gasteiger partial charge in [-0.15, -0.1) is 0 Å². The van der Waals surface area contributed by atoms with Crippen LogP contribution in [0.15, 0.2) is 48.5 Å². The standard InChI is InChI=1S/C18H22N2/c1-14(19)15-8-10-18(11-9-15)20-12-4-7-16-5-2-3-6-17(16)13-20/h2-3,5-6,8-11,14H,4,7,12-13,19H2,1H3/t14-/m1/s1. The molecular formula is C18H22N2. The summed E-state index contributed by atoms with van der Waals surface area (Å²) in [6.45, 7) is 4.15. The van der Waals surface area contributed by atoms with Crippen LogP contribution in [0.1, 0.15) is 36.1 Å². The molecule has 2 nitrogen and oxygen atoms in total. The summed E-state index contributed by atoms with van der Waals surface area (Å²) in [7, 11) is 0. The summed E-state index contributed by atoms with van der Waals surface area (Å²) in [5.74, 6) is 0. The number of fused-ring (bicyclic) bond motifs is 1. The summed E-state index contributed by atoms with van der Waals surface area (Å²) in [5.41, 5.74) is 11.4. The number of rotatable bonds is 2. The Labute approximate surface area is 121 Å². The number of anilines is 1. The molecule has 2 N–H and O–H groups in total. The van der Waals surface area contributed by atoms with Crippen LogP contribution < -0.4 is 10.6 Å². The molecule has 0 saturated carbocycles. The Hall–Kier alpha value is -1.80. The summed E-state index contributed by atoms with van der Waals surface area (Å²) in [6.07, 6.45) is 2.40. The molecule has 0 aromatic heterocycles. The second-order valence-corrected chi connectivity index (χ2v) is 5.67. The zero-order valence-electron chi connectivity index (χ0n) is 12.0. The van der Waals surface area contributed by atoms with Gasteiger partial charge in [-0.3, -0.25) is 0 Å².